The van der Waals surface area contributed by atoms with E-state index in [1.165, 1.54) is 0 Å². The van der Waals surface area contributed by atoms with Gasteiger partial charge in [0.15, 0.2) is 0 Å². The van der Waals surface area contributed by atoms with Crippen molar-refractivity contribution in [2.75, 3.05) is 0 Å². The van der Waals surface area contributed by atoms with Crippen LogP contribution in [0.25, 0.3) is 12.2 Å². The van der Waals surface area contributed by atoms with Gasteiger partial charge in [-0.1, -0.05) is 86.7 Å². The average Bonchev–Trinajstić information content (AvgIpc) is 2.86. The molecule has 3 nitrogen and oxygen atoms in total. The van der Waals surface area contributed by atoms with Crippen LogP contribution in [0, 0.1) is 0 Å². The van der Waals surface area contributed by atoms with Gasteiger partial charge in [0.2, 0.25) is 0 Å². The predicted octanol–water partition coefficient (Wildman–Crippen LogP) is 7.53. The van der Waals surface area contributed by atoms with Crippen molar-refractivity contribution in [1.82, 2.24) is 4.98 Å². The zero-order valence-corrected chi connectivity index (χ0v) is 19.1. The third-order valence-corrected chi connectivity index (χ3v) is 5.35. The molecule has 0 aliphatic rings. The van der Waals surface area contributed by atoms with E-state index in [0.29, 0.717) is 13.2 Å². The third kappa shape index (κ3) is 6.33. The largest absolute Gasteiger partial charge is 0.488 e. The number of pyridine rings is 1. The van der Waals surface area contributed by atoms with Gasteiger partial charge >= 0.3 is 0 Å². The van der Waals surface area contributed by atoms with E-state index in [1.54, 1.807) is 12.4 Å². The van der Waals surface area contributed by atoms with Crippen LogP contribution in [0.2, 0.25) is 0 Å². The van der Waals surface area contributed by atoms with Crippen molar-refractivity contribution in [2.24, 2.45) is 0 Å². The second-order valence-electron chi connectivity index (χ2n) is 8.25. The molecule has 1 aromatic heterocycles. The minimum absolute atomic E-state index is 0.250. The molecule has 166 valence electrons. The Kier molecular flexibility index (Phi) is 7.55. The first-order valence-electron chi connectivity index (χ1n) is 11.3. The predicted molar refractivity (Wildman–Crippen MR) is 135 cm³/mol. The van der Waals surface area contributed by atoms with Crippen LogP contribution in [0.5, 0.6) is 11.5 Å². The Labute approximate surface area is 196 Å². The maximum absolute atomic E-state index is 6.35. The molecule has 0 bridgehead atoms. The molecular formula is C30H29NO2. The van der Waals surface area contributed by atoms with Gasteiger partial charge in [-0.3, -0.25) is 4.98 Å². The minimum atomic E-state index is 0.250. The van der Waals surface area contributed by atoms with Gasteiger partial charge in [0, 0.05) is 18.0 Å². The van der Waals surface area contributed by atoms with Crippen molar-refractivity contribution in [3.8, 4) is 11.5 Å². The fourth-order valence-corrected chi connectivity index (χ4v) is 3.66. The summed E-state index contributed by atoms with van der Waals surface area (Å²) in [5.41, 5.74) is 5.48. The van der Waals surface area contributed by atoms with Crippen LogP contribution in [0.15, 0.2) is 97.3 Å². The van der Waals surface area contributed by atoms with Crippen LogP contribution in [-0.2, 0) is 13.2 Å². The molecule has 4 rings (SSSR count). The number of aromatic nitrogens is 1. The lowest BCUT2D eigenvalue weighted by molar-refractivity contribution is 0.282. The zero-order chi connectivity index (χ0) is 22.9. The fourth-order valence-electron chi connectivity index (χ4n) is 3.66. The summed E-state index contributed by atoms with van der Waals surface area (Å²) >= 11 is 0. The van der Waals surface area contributed by atoms with E-state index in [9.17, 15) is 0 Å². The van der Waals surface area contributed by atoms with Crippen LogP contribution in [-0.4, -0.2) is 4.98 Å². The first kappa shape index (κ1) is 22.3. The molecular weight excluding hydrogens is 406 g/mol. The van der Waals surface area contributed by atoms with Crippen LogP contribution in [0.1, 0.15) is 47.6 Å². The van der Waals surface area contributed by atoms with E-state index in [1.807, 2.05) is 48.5 Å². The summed E-state index contributed by atoms with van der Waals surface area (Å²) in [5.74, 6) is 1.96. The molecule has 3 heteroatoms. The molecule has 0 unspecified atom stereocenters. The van der Waals surface area contributed by atoms with Crippen LogP contribution in [0.4, 0.5) is 0 Å². The summed E-state index contributed by atoms with van der Waals surface area (Å²) in [6.07, 6.45) is 7.76. The van der Waals surface area contributed by atoms with Gasteiger partial charge in [0.1, 0.15) is 24.7 Å². The Bertz CT molecular complexity index is 1110. The summed E-state index contributed by atoms with van der Waals surface area (Å²) in [7, 11) is 0. The number of rotatable bonds is 9. The molecule has 0 fully saturated rings. The fraction of sp³-hybridized carbons (Fsp3) is 0.167. The average molecular weight is 436 g/mol. The number of hydrogen-bond acceptors (Lipinski definition) is 3. The lowest BCUT2D eigenvalue weighted by Gasteiger charge is -2.20. The van der Waals surface area contributed by atoms with Crippen LogP contribution in [0.3, 0.4) is 0 Å². The highest BCUT2D eigenvalue weighted by molar-refractivity contribution is 5.72. The summed E-state index contributed by atoms with van der Waals surface area (Å²) in [5, 5.41) is 0. The number of benzene rings is 3. The van der Waals surface area contributed by atoms with Gasteiger partial charge in [-0.2, -0.15) is 0 Å². The molecule has 0 radical (unpaired) electrons. The van der Waals surface area contributed by atoms with E-state index in [0.717, 1.165) is 39.3 Å². The second-order valence-corrected chi connectivity index (χ2v) is 8.25. The smallest absolute Gasteiger partial charge is 0.127 e. The van der Waals surface area contributed by atoms with Gasteiger partial charge in [-0.15, -0.1) is 0 Å². The molecule has 3 aromatic carbocycles. The van der Waals surface area contributed by atoms with Crippen LogP contribution >= 0.6 is 0 Å². The molecule has 0 aliphatic heterocycles. The van der Waals surface area contributed by atoms with Crippen molar-refractivity contribution in [1.29, 1.82) is 0 Å². The first-order valence-corrected chi connectivity index (χ1v) is 11.3. The molecule has 0 saturated carbocycles. The van der Waals surface area contributed by atoms with E-state index < -0.39 is 0 Å². The number of ether oxygens (including phenoxy) is 2. The monoisotopic (exact) mass is 435 g/mol. The summed E-state index contributed by atoms with van der Waals surface area (Å²) in [6.45, 7) is 5.37. The first-order chi connectivity index (χ1) is 16.2. The molecule has 0 atom stereocenters. The lowest BCUT2D eigenvalue weighted by atomic mass is 9.98. The zero-order valence-electron chi connectivity index (χ0n) is 19.1. The van der Waals surface area contributed by atoms with Crippen molar-refractivity contribution in [2.45, 2.75) is 33.0 Å². The molecule has 0 spiro atoms. The van der Waals surface area contributed by atoms with Gasteiger partial charge in [-0.25, -0.2) is 0 Å². The van der Waals surface area contributed by atoms with Gasteiger partial charge in [-0.05, 0) is 52.4 Å². The van der Waals surface area contributed by atoms with Gasteiger partial charge < -0.3 is 9.47 Å². The maximum atomic E-state index is 6.35. The highest BCUT2D eigenvalue weighted by Crippen LogP contribution is 2.38. The van der Waals surface area contributed by atoms with Gasteiger partial charge in [0.25, 0.3) is 0 Å². The van der Waals surface area contributed by atoms with E-state index in [4.69, 9.17) is 9.47 Å². The Morgan fingerprint density at radius 2 is 1.15 bits per heavy atom. The Morgan fingerprint density at radius 1 is 0.667 bits per heavy atom. The second kappa shape index (κ2) is 11.1. The SMILES string of the molecule is CC(C)c1c(OCc2ccccc2)cc(/C=C/c2ccncc2)cc1OCc1ccccc1. The number of nitrogens with zero attached hydrogens (tertiary/aromatic N) is 1. The summed E-state index contributed by atoms with van der Waals surface area (Å²) in [6, 6.07) is 28.7. The minimum Gasteiger partial charge on any atom is -0.488 e. The molecule has 0 N–H and O–H groups in total. The standard InChI is InChI=1S/C30H29NO2/c1-23(2)30-28(32-21-25-9-5-3-6-10-25)19-27(14-13-24-15-17-31-18-16-24)20-29(30)33-22-26-11-7-4-8-12-26/h3-20,23H,21-22H2,1-2H3/b14-13+. The van der Waals surface area contributed by atoms with E-state index in [-0.39, 0.29) is 5.92 Å². The topological polar surface area (TPSA) is 31.4 Å². The quantitative estimate of drug-likeness (QED) is 0.272. The van der Waals surface area contributed by atoms with E-state index >= 15 is 0 Å². The Hall–Kier alpha value is -3.85. The Balaban J connectivity index is 1.67. The van der Waals surface area contributed by atoms with E-state index in [2.05, 4.69) is 67.4 Å². The summed E-state index contributed by atoms with van der Waals surface area (Å²) < 4.78 is 12.7. The Morgan fingerprint density at radius 3 is 1.64 bits per heavy atom. The number of hydrogen-bond donors (Lipinski definition) is 0. The molecule has 0 aliphatic carbocycles. The van der Waals surface area contributed by atoms with Crippen LogP contribution < -0.4 is 9.47 Å². The molecule has 0 amide bonds. The lowest BCUT2D eigenvalue weighted by Crippen LogP contribution is -2.05. The molecule has 4 aromatic rings. The van der Waals surface area contributed by atoms with Crippen molar-refractivity contribution in [3.63, 3.8) is 0 Å². The maximum Gasteiger partial charge on any atom is 0.127 e. The van der Waals surface area contributed by atoms with Crippen molar-refractivity contribution in [3.05, 3.63) is 125 Å². The van der Waals surface area contributed by atoms with Crippen molar-refractivity contribution >= 4 is 12.2 Å². The molecule has 0 saturated heterocycles. The normalized spacial score (nSPS) is 11.1. The molecule has 1 heterocycles. The highest BCUT2D eigenvalue weighted by Gasteiger charge is 2.17. The summed E-state index contributed by atoms with van der Waals surface area (Å²) in [4.78, 5) is 4.09. The third-order valence-electron chi connectivity index (χ3n) is 5.35. The van der Waals surface area contributed by atoms with Crippen molar-refractivity contribution < 1.29 is 9.47 Å². The van der Waals surface area contributed by atoms with Gasteiger partial charge in [0.05, 0.1) is 0 Å². The highest BCUT2D eigenvalue weighted by atomic mass is 16.5. The molecule has 33 heavy (non-hydrogen) atoms.